The largest absolute Gasteiger partial charge is 0.476 e. The van der Waals surface area contributed by atoms with E-state index in [1.165, 1.54) is 31.4 Å². The summed E-state index contributed by atoms with van der Waals surface area (Å²) in [5.74, 6) is 1.92. The van der Waals surface area contributed by atoms with Crippen molar-refractivity contribution in [1.29, 1.82) is 0 Å². The lowest BCUT2D eigenvalue weighted by Gasteiger charge is -2.25. The summed E-state index contributed by atoms with van der Waals surface area (Å²) in [6.07, 6.45) is 6.34. The van der Waals surface area contributed by atoms with Crippen molar-refractivity contribution in [3.63, 3.8) is 0 Å². The van der Waals surface area contributed by atoms with Crippen LogP contribution < -0.4 is 15.8 Å². The molecule has 0 saturated heterocycles. The number of terminal acetylenes is 1. The Morgan fingerprint density at radius 3 is 2.78 bits per heavy atom. The molecule has 0 aliphatic heterocycles. The van der Waals surface area contributed by atoms with Crippen molar-refractivity contribution >= 4 is 28.5 Å². The lowest BCUT2D eigenvalue weighted by Crippen LogP contribution is -2.30. The standard InChI is InChI=1S/C23H26F2N4O2S/c1-6-15(3)31-18-9-14(2)20(28-12-18)21(30)29-17-7-8-19(25)16(10-17)11-23(4,13-24)32-22(26)27-5/h1,7-10,12,15H,11,13H2,2-5H3,(H2,26,27)(H,29,30)/t15-,23+/m0/s1. The highest BCUT2D eigenvalue weighted by Gasteiger charge is 2.29. The van der Waals surface area contributed by atoms with Crippen LogP contribution in [0.25, 0.3) is 0 Å². The van der Waals surface area contributed by atoms with Crippen molar-refractivity contribution in [2.24, 2.45) is 10.7 Å². The topological polar surface area (TPSA) is 89.6 Å². The van der Waals surface area contributed by atoms with Crippen LogP contribution in [-0.4, -0.2) is 40.6 Å². The van der Waals surface area contributed by atoms with E-state index in [4.69, 9.17) is 16.9 Å². The molecular weight excluding hydrogens is 434 g/mol. The van der Waals surface area contributed by atoms with E-state index in [1.807, 2.05) is 0 Å². The summed E-state index contributed by atoms with van der Waals surface area (Å²) in [5.41, 5.74) is 7.09. The highest BCUT2D eigenvalue weighted by Crippen LogP contribution is 2.31. The van der Waals surface area contributed by atoms with Gasteiger partial charge in [-0.2, -0.15) is 0 Å². The fourth-order valence-corrected chi connectivity index (χ4v) is 3.76. The Hall–Kier alpha value is -3.12. The minimum Gasteiger partial charge on any atom is -0.476 e. The molecule has 1 aromatic heterocycles. The van der Waals surface area contributed by atoms with Crippen molar-refractivity contribution in [3.8, 4) is 18.1 Å². The number of aryl methyl sites for hydroxylation is 1. The second-order valence-corrected chi connectivity index (χ2v) is 9.06. The number of amidine groups is 1. The van der Waals surface area contributed by atoms with Crippen molar-refractivity contribution in [3.05, 3.63) is 53.1 Å². The van der Waals surface area contributed by atoms with Gasteiger partial charge in [0, 0.05) is 12.7 Å². The number of pyridine rings is 1. The number of halogens is 2. The van der Waals surface area contributed by atoms with Crippen LogP contribution in [-0.2, 0) is 6.42 Å². The molecule has 1 aromatic carbocycles. The van der Waals surface area contributed by atoms with Gasteiger partial charge >= 0.3 is 0 Å². The molecule has 2 rings (SSSR count). The molecule has 0 spiro atoms. The molecule has 0 bridgehead atoms. The average molecular weight is 461 g/mol. The molecule has 0 radical (unpaired) electrons. The minimum absolute atomic E-state index is 0.0522. The second kappa shape index (κ2) is 11.0. The fourth-order valence-electron chi connectivity index (χ4n) is 2.88. The third-order valence-corrected chi connectivity index (χ3v) is 5.68. The van der Waals surface area contributed by atoms with Crippen LogP contribution in [0, 0.1) is 25.1 Å². The summed E-state index contributed by atoms with van der Waals surface area (Å²) in [5, 5.41) is 2.91. The number of amides is 1. The van der Waals surface area contributed by atoms with E-state index in [0.717, 1.165) is 11.8 Å². The maximum Gasteiger partial charge on any atom is 0.274 e. The number of carbonyl (C=O) groups excluding carboxylic acids is 1. The number of benzene rings is 1. The average Bonchev–Trinajstić information content (AvgIpc) is 2.75. The Labute approximate surface area is 191 Å². The monoisotopic (exact) mass is 460 g/mol. The molecule has 32 heavy (non-hydrogen) atoms. The SMILES string of the molecule is C#C[C@H](C)Oc1cnc(C(=O)Nc2ccc(F)c(C[C@](C)(CF)SC(N)=NC)c2)c(C)c1. The number of nitrogens with one attached hydrogen (secondary N) is 1. The van der Waals surface area contributed by atoms with E-state index in [2.05, 4.69) is 21.2 Å². The number of anilines is 1. The van der Waals surface area contributed by atoms with E-state index in [0.29, 0.717) is 17.0 Å². The third kappa shape index (κ3) is 6.69. The van der Waals surface area contributed by atoms with Gasteiger partial charge < -0.3 is 15.8 Å². The number of rotatable bonds is 8. The van der Waals surface area contributed by atoms with Crippen LogP contribution in [0.15, 0.2) is 35.5 Å². The molecule has 1 amide bonds. The third-order valence-electron chi connectivity index (χ3n) is 4.54. The quantitative estimate of drug-likeness (QED) is 0.351. The van der Waals surface area contributed by atoms with Crippen LogP contribution in [0.3, 0.4) is 0 Å². The van der Waals surface area contributed by atoms with E-state index in [1.54, 1.807) is 26.8 Å². The van der Waals surface area contributed by atoms with Gasteiger partial charge in [0.25, 0.3) is 5.91 Å². The molecule has 2 aromatic rings. The predicted octanol–water partition coefficient (Wildman–Crippen LogP) is 4.13. The Kier molecular flexibility index (Phi) is 8.61. The summed E-state index contributed by atoms with van der Waals surface area (Å²) < 4.78 is 32.6. The van der Waals surface area contributed by atoms with E-state index >= 15 is 0 Å². The molecule has 1 heterocycles. The van der Waals surface area contributed by atoms with Gasteiger partial charge in [0.05, 0.1) is 10.9 Å². The van der Waals surface area contributed by atoms with Gasteiger partial charge in [0.15, 0.2) is 11.3 Å². The molecular formula is C23H26F2N4O2S. The summed E-state index contributed by atoms with van der Waals surface area (Å²) in [6.45, 7) is 4.34. The first-order chi connectivity index (χ1) is 15.1. The van der Waals surface area contributed by atoms with Crippen LogP contribution >= 0.6 is 11.8 Å². The number of alkyl halides is 1. The number of nitrogens with zero attached hydrogens (tertiary/aromatic N) is 2. The molecule has 2 atom stereocenters. The smallest absolute Gasteiger partial charge is 0.274 e. The Morgan fingerprint density at radius 1 is 1.47 bits per heavy atom. The molecule has 3 N–H and O–H groups in total. The Balaban J connectivity index is 2.20. The zero-order valence-corrected chi connectivity index (χ0v) is 19.2. The zero-order chi connectivity index (χ0) is 23.9. The van der Waals surface area contributed by atoms with Gasteiger partial charge in [-0.3, -0.25) is 9.79 Å². The van der Waals surface area contributed by atoms with E-state index in [-0.39, 0.29) is 22.8 Å². The molecule has 0 aliphatic rings. The number of carbonyl (C=O) groups is 1. The first-order valence-electron chi connectivity index (χ1n) is 9.77. The van der Waals surface area contributed by atoms with Crippen LogP contribution in [0.1, 0.15) is 35.5 Å². The number of thioether (sulfide) groups is 1. The lowest BCUT2D eigenvalue weighted by atomic mass is 10.0. The first kappa shape index (κ1) is 25.1. The van der Waals surface area contributed by atoms with Gasteiger partial charge in [0.1, 0.15) is 23.9 Å². The van der Waals surface area contributed by atoms with Gasteiger partial charge in [-0.15, -0.1) is 6.42 Å². The number of nitrogens with two attached hydrogens (primary N) is 1. The first-order valence-corrected chi connectivity index (χ1v) is 10.6. The highest BCUT2D eigenvalue weighted by molar-refractivity contribution is 8.15. The molecule has 170 valence electrons. The molecule has 6 nitrogen and oxygen atoms in total. The maximum atomic E-state index is 14.4. The fraction of sp³-hybridized carbons (Fsp3) is 0.348. The van der Waals surface area contributed by atoms with E-state index in [9.17, 15) is 13.6 Å². The van der Waals surface area contributed by atoms with Crippen molar-refractivity contribution < 1.29 is 18.3 Å². The molecule has 0 aliphatic carbocycles. The zero-order valence-electron chi connectivity index (χ0n) is 18.4. The minimum atomic E-state index is -1.00. The van der Waals surface area contributed by atoms with Crippen molar-refractivity contribution in [1.82, 2.24) is 4.98 Å². The molecule has 0 saturated carbocycles. The van der Waals surface area contributed by atoms with Crippen LogP contribution in [0.5, 0.6) is 5.75 Å². The van der Waals surface area contributed by atoms with Gasteiger partial charge in [0.2, 0.25) is 0 Å². The molecule has 9 heteroatoms. The van der Waals surface area contributed by atoms with Gasteiger partial charge in [-0.05, 0) is 62.6 Å². The normalized spacial score (nSPS) is 14.2. The maximum absolute atomic E-state index is 14.4. The van der Waals surface area contributed by atoms with Gasteiger partial charge in [-0.25, -0.2) is 13.8 Å². The predicted molar refractivity (Wildman–Crippen MR) is 125 cm³/mol. The Bertz CT molecular complexity index is 1050. The number of aliphatic imine (C=N–C) groups is 1. The summed E-state index contributed by atoms with van der Waals surface area (Å²) >= 11 is 1.04. The number of hydrogen-bond acceptors (Lipinski definition) is 5. The highest BCUT2D eigenvalue weighted by atomic mass is 32.2. The lowest BCUT2D eigenvalue weighted by molar-refractivity contribution is 0.102. The van der Waals surface area contributed by atoms with E-state index < -0.39 is 29.2 Å². The summed E-state index contributed by atoms with van der Waals surface area (Å²) in [4.78, 5) is 20.7. The number of ether oxygens (including phenoxy) is 1. The molecule has 0 unspecified atom stereocenters. The number of hydrogen-bond donors (Lipinski definition) is 2. The van der Waals surface area contributed by atoms with Crippen LogP contribution in [0.4, 0.5) is 14.5 Å². The number of aromatic nitrogens is 1. The van der Waals surface area contributed by atoms with Crippen LogP contribution in [0.2, 0.25) is 0 Å². The van der Waals surface area contributed by atoms with Crippen molar-refractivity contribution in [2.45, 2.75) is 38.0 Å². The Morgan fingerprint density at radius 2 is 2.19 bits per heavy atom. The summed E-state index contributed by atoms with van der Waals surface area (Å²) in [6, 6.07) is 5.79. The molecule has 0 fully saturated rings. The second-order valence-electron chi connectivity index (χ2n) is 7.45. The van der Waals surface area contributed by atoms with Crippen molar-refractivity contribution in [2.75, 3.05) is 19.0 Å². The van der Waals surface area contributed by atoms with Gasteiger partial charge in [-0.1, -0.05) is 17.7 Å². The summed E-state index contributed by atoms with van der Waals surface area (Å²) in [7, 11) is 1.50.